The van der Waals surface area contributed by atoms with Crippen LogP contribution < -0.4 is 4.74 Å². The van der Waals surface area contributed by atoms with Crippen LogP contribution in [0.2, 0.25) is 0 Å². The number of carbonyl (C=O) groups excluding carboxylic acids is 1. The summed E-state index contributed by atoms with van der Waals surface area (Å²) in [6, 6.07) is 4.92. The number of fused-ring (bicyclic) bond motifs is 3. The average molecular weight is 518 g/mol. The van der Waals surface area contributed by atoms with Crippen molar-refractivity contribution in [2.24, 2.45) is 5.41 Å². The lowest BCUT2D eigenvalue weighted by atomic mass is 9.72. The van der Waals surface area contributed by atoms with Crippen molar-refractivity contribution in [2.75, 3.05) is 26.3 Å². The fourth-order valence-electron chi connectivity index (χ4n) is 6.27. The number of hydrogen-bond donors (Lipinski definition) is 1. The number of H-pyrrole nitrogens is 1. The zero-order valence-electron chi connectivity index (χ0n) is 20.2. The smallest absolute Gasteiger partial charge is 0.406 e. The number of halogens is 4. The molecule has 6 nitrogen and oxygen atoms in total. The molecule has 3 aliphatic rings. The van der Waals surface area contributed by atoms with E-state index in [9.17, 15) is 18.0 Å². The van der Waals surface area contributed by atoms with Gasteiger partial charge < -0.3 is 19.4 Å². The van der Waals surface area contributed by atoms with E-state index in [0.29, 0.717) is 31.5 Å². The molecule has 0 bridgehead atoms. The van der Waals surface area contributed by atoms with Crippen molar-refractivity contribution in [3.8, 4) is 5.75 Å². The Bertz CT molecular complexity index is 1320. The number of pyridine rings is 1. The van der Waals surface area contributed by atoms with Crippen molar-refractivity contribution in [1.82, 2.24) is 14.9 Å². The van der Waals surface area contributed by atoms with Gasteiger partial charge in [0.05, 0.1) is 12.8 Å². The van der Waals surface area contributed by atoms with Crippen LogP contribution >= 0.6 is 0 Å². The number of carbonyl (C=O) groups is 1. The standard InChI is InChI=1S/C27H27F4N3O3/c28-20-14-32-24-23(19-13-26(9-12-36-15-26)8-5-21(19)33-24)22(20)16-6-10-34(11-7-16)25(35)17-1-3-18(4-2-17)37-27(29,30)31/h1-4,14,16H,5-13,15H2,(H,32,33). The molecule has 196 valence electrons. The Morgan fingerprint density at radius 1 is 1.16 bits per heavy atom. The van der Waals surface area contributed by atoms with Gasteiger partial charge in [-0.3, -0.25) is 4.79 Å². The number of alkyl halides is 3. The lowest BCUT2D eigenvalue weighted by Gasteiger charge is -2.34. The minimum atomic E-state index is -4.79. The summed E-state index contributed by atoms with van der Waals surface area (Å²) in [5.74, 6) is -1.02. The van der Waals surface area contributed by atoms with Crippen LogP contribution in [0.25, 0.3) is 11.0 Å². The second-order valence-corrected chi connectivity index (χ2v) is 10.4. The van der Waals surface area contributed by atoms with Gasteiger partial charge in [-0.05, 0) is 74.3 Å². The highest BCUT2D eigenvalue weighted by atomic mass is 19.4. The van der Waals surface area contributed by atoms with E-state index >= 15 is 4.39 Å². The molecule has 2 fully saturated rings. The molecule has 0 saturated carbocycles. The number of likely N-dealkylation sites (tertiary alicyclic amines) is 1. The summed E-state index contributed by atoms with van der Waals surface area (Å²) in [5.41, 5.74) is 4.10. The Morgan fingerprint density at radius 2 is 1.92 bits per heavy atom. The molecule has 1 aliphatic carbocycles. The van der Waals surface area contributed by atoms with Gasteiger partial charge in [0.15, 0.2) is 0 Å². The molecule has 2 saturated heterocycles. The van der Waals surface area contributed by atoms with Gasteiger partial charge in [-0.15, -0.1) is 13.2 Å². The highest BCUT2D eigenvalue weighted by Gasteiger charge is 2.40. The average Bonchev–Trinajstić information content (AvgIpc) is 3.48. The highest BCUT2D eigenvalue weighted by molar-refractivity contribution is 5.94. The summed E-state index contributed by atoms with van der Waals surface area (Å²) in [5, 5.41) is 0.894. The van der Waals surface area contributed by atoms with Crippen molar-refractivity contribution >= 4 is 16.9 Å². The van der Waals surface area contributed by atoms with E-state index in [0.717, 1.165) is 73.3 Å². The largest absolute Gasteiger partial charge is 0.573 e. The maximum absolute atomic E-state index is 15.3. The van der Waals surface area contributed by atoms with Crippen LogP contribution in [0.4, 0.5) is 17.6 Å². The van der Waals surface area contributed by atoms with Crippen LogP contribution in [-0.2, 0) is 17.6 Å². The molecule has 1 unspecified atom stereocenters. The Morgan fingerprint density at radius 3 is 2.59 bits per heavy atom. The van der Waals surface area contributed by atoms with Crippen LogP contribution in [-0.4, -0.2) is 53.4 Å². The quantitative estimate of drug-likeness (QED) is 0.465. The minimum Gasteiger partial charge on any atom is -0.406 e. The number of aromatic amines is 1. The number of nitrogens with zero attached hydrogens (tertiary/aromatic N) is 2. The van der Waals surface area contributed by atoms with E-state index in [-0.39, 0.29) is 34.4 Å². The van der Waals surface area contributed by atoms with E-state index in [1.807, 2.05) is 0 Å². The van der Waals surface area contributed by atoms with Crippen molar-refractivity contribution in [1.29, 1.82) is 0 Å². The first-order valence-corrected chi connectivity index (χ1v) is 12.6. The zero-order chi connectivity index (χ0) is 25.8. The first kappa shape index (κ1) is 24.2. The number of aromatic nitrogens is 2. The summed E-state index contributed by atoms with van der Waals surface area (Å²) in [7, 11) is 0. The van der Waals surface area contributed by atoms with Crippen LogP contribution in [0.15, 0.2) is 30.5 Å². The van der Waals surface area contributed by atoms with Crippen LogP contribution in [0, 0.1) is 11.2 Å². The molecule has 1 atom stereocenters. The Balaban J connectivity index is 1.20. The third kappa shape index (κ3) is 4.56. The summed E-state index contributed by atoms with van der Waals surface area (Å²) in [6.45, 7) is 2.36. The number of aryl methyl sites for hydroxylation is 1. The predicted octanol–water partition coefficient (Wildman–Crippen LogP) is 5.52. The molecular formula is C27H27F4N3O3. The fourth-order valence-corrected chi connectivity index (χ4v) is 6.27. The van der Waals surface area contributed by atoms with Gasteiger partial charge in [-0.2, -0.15) is 0 Å². The predicted molar refractivity (Wildman–Crippen MR) is 127 cm³/mol. The molecule has 4 heterocycles. The first-order valence-electron chi connectivity index (χ1n) is 12.6. The lowest BCUT2D eigenvalue weighted by molar-refractivity contribution is -0.274. The van der Waals surface area contributed by atoms with Crippen LogP contribution in [0.1, 0.15) is 58.8 Å². The molecule has 1 spiro atoms. The van der Waals surface area contributed by atoms with Gasteiger partial charge in [0.1, 0.15) is 17.2 Å². The lowest BCUT2D eigenvalue weighted by Crippen LogP contribution is -2.38. The van der Waals surface area contributed by atoms with Gasteiger partial charge >= 0.3 is 6.36 Å². The number of hydrogen-bond acceptors (Lipinski definition) is 4. The third-order valence-electron chi connectivity index (χ3n) is 8.17. The maximum atomic E-state index is 15.3. The highest BCUT2D eigenvalue weighted by Crippen LogP contribution is 2.46. The van der Waals surface area contributed by atoms with Gasteiger partial charge in [-0.25, -0.2) is 9.37 Å². The Hall–Kier alpha value is -3.14. The van der Waals surface area contributed by atoms with E-state index in [1.165, 1.54) is 18.3 Å². The van der Waals surface area contributed by atoms with Crippen molar-refractivity contribution in [2.45, 2.75) is 50.8 Å². The van der Waals surface area contributed by atoms with Crippen LogP contribution in [0.3, 0.4) is 0 Å². The Labute approximate surface area is 211 Å². The van der Waals surface area contributed by atoms with Crippen LogP contribution in [0.5, 0.6) is 5.75 Å². The van der Waals surface area contributed by atoms with Gasteiger partial charge in [0.2, 0.25) is 0 Å². The van der Waals surface area contributed by atoms with E-state index < -0.39 is 6.36 Å². The normalized spacial score (nSPS) is 22.5. The van der Waals surface area contributed by atoms with Crippen molar-refractivity contribution in [3.05, 3.63) is 58.7 Å². The third-order valence-corrected chi connectivity index (χ3v) is 8.17. The van der Waals surface area contributed by atoms with Gasteiger partial charge in [0.25, 0.3) is 5.91 Å². The molecular weight excluding hydrogens is 490 g/mol. The van der Waals surface area contributed by atoms with E-state index in [1.54, 1.807) is 4.90 Å². The molecule has 37 heavy (non-hydrogen) atoms. The first-order chi connectivity index (χ1) is 17.7. The summed E-state index contributed by atoms with van der Waals surface area (Å²) in [6.07, 6.45) is 1.50. The molecule has 3 aromatic rings. The van der Waals surface area contributed by atoms with E-state index in [4.69, 9.17) is 4.74 Å². The molecule has 1 N–H and O–H groups in total. The molecule has 10 heteroatoms. The number of ether oxygens (including phenoxy) is 2. The molecule has 6 rings (SSSR count). The minimum absolute atomic E-state index is 0.0604. The number of piperidine rings is 1. The van der Waals surface area contributed by atoms with Gasteiger partial charge in [-0.1, -0.05) is 0 Å². The molecule has 2 aliphatic heterocycles. The Kier molecular flexibility index (Phi) is 5.89. The fraction of sp³-hybridized carbons (Fsp3) is 0.481. The summed E-state index contributed by atoms with van der Waals surface area (Å²) < 4.78 is 62.1. The second-order valence-electron chi connectivity index (χ2n) is 10.4. The molecule has 1 amide bonds. The number of rotatable bonds is 3. The topological polar surface area (TPSA) is 67.5 Å². The SMILES string of the molecule is O=C(c1ccc(OC(F)(F)F)cc1)N1CCC(c2c(F)cnc3[nH]c4c(c23)CC2(CCOC2)CC4)CC1. The van der Waals surface area contributed by atoms with Gasteiger partial charge in [0, 0.05) is 47.3 Å². The monoisotopic (exact) mass is 517 g/mol. The number of benzene rings is 1. The van der Waals surface area contributed by atoms with Crippen molar-refractivity contribution < 1.29 is 31.8 Å². The number of nitrogens with one attached hydrogen (secondary N) is 1. The molecule has 0 radical (unpaired) electrons. The summed E-state index contributed by atoms with van der Waals surface area (Å²) in [4.78, 5) is 22.4. The second kappa shape index (κ2) is 9.01. The molecule has 1 aromatic carbocycles. The van der Waals surface area contributed by atoms with E-state index in [2.05, 4.69) is 14.7 Å². The number of amides is 1. The van der Waals surface area contributed by atoms with Crippen molar-refractivity contribution in [3.63, 3.8) is 0 Å². The zero-order valence-corrected chi connectivity index (χ0v) is 20.2. The maximum Gasteiger partial charge on any atom is 0.573 e. The summed E-state index contributed by atoms with van der Waals surface area (Å²) >= 11 is 0. The molecule has 2 aromatic heterocycles.